The number of anilines is 1. The van der Waals surface area contributed by atoms with Gasteiger partial charge < -0.3 is 4.84 Å². The fourth-order valence-electron chi connectivity index (χ4n) is 1.34. The molecule has 0 aliphatic rings. The molecule has 0 aliphatic carbocycles. The van der Waals surface area contributed by atoms with Gasteiger partial charge in [0, 0.05) is 0 Å². The maximum absolute atomic E-state index is 11.7. The Morgan fingerprint density at radius 2 is 1.47 bits per heavy atom. The van der Waals surface area contributed by atoms with Crippen LogP contribution in [0.5, 0.6) is 0 Å². The molecule has 4 heteroatoms. The first-order chi connectivity index (χ1) is 8.27. The number of carbonyl (C=O) groups is 1. The van der Waals surface area contributed by atoms with E-state index in [0.717, 1.165) is 5.17 Å². The van der Waals surface area contributed by atoms with Crippen LogP contribution in [0.2, 0.25) is 0 Å². The summed E-state index contributed by atoms with van der Waals surface area (Å²) in [5, 5.41) is 0.954. The third kappa shape index (κ3) is 2.83. The molecule has 0 aliphatic heterocycles. The monoisotopic (exact) mass is 228 g/mol. The quantitative estimate of drug-likeness (QED) is 0.646. The van der Waals surface area contributed by atoms with Crippen molar-refractivity contribution in [2.45, 2.75) is 0 Å². The lowest BCUT2D eigenvalue weighted by Crippen LogP contribution is -2.33. The second-order valence-corrected chi connectivity index (χ2v) is 3.41. The standard InChI is InChI=1S/C13H12N2O2/c14-15(12-9-5-2-6-10-12)17-13(16)11-7-3-1-4-8-11/h1-10H,14H2. The van der Waals surface area contributed by atoms with Crippen LogP contribution in [0.1, 0.15) is 10.4 Å². The number of nitrogens with zero attached hydrogens (tertiary/aromatic N) is 1. The maximum atomic E-state index is 11.7. The van der Waals surface area contributed by atoms with Crippen LogP contribution < -0.4 is 11.0 Å². The van der Waals surface area contributed by atoms with Crippen molar-refractivity contribution in [3.05, 3.63) is 66.2 Å². The van der Waals surface area contributed by atoms with Crippen LogP contribution in [0, 0.1) is 0 Å². The van der Waals surface area contributed by atoms with Crippen LogP contribution in [0.4, 0.5) is 5.69 Å². The highest BCUT2D eigenvalue weighted by Crippen LogP contribution is 2.11. The Bertz CT molecular complexity index is 485. The van der Waals surface area contributed by atoms with E-state index in [1.54, 1.807) is 36.4 Å². The van der Waals surface area contributed by atoms with Crippen LogP contribution in [0.25, 0.3) is 0 Å². The third-order valence-electron chi connectivity index (χ3n) is 2.20. The molecule has 0 radical (unpaired) electrons. The summed E-state index contributed by atoms with van der Waals surface area (Å²) in [6.45, 7) is 0. The van der Waals surface area contributed by atoms with Crippen molar-refractivity contribution < 1.29 is 9.63 Å². The molecule has 0 bridgehead atoms. The molecule has 2 N–H and O–H groups in total. The Kier molecular flexibility index (Phi) is 3.37. The van der Waals surface area contributed by atoms with Crippen LogP contribution in [0.3, 0.4) is 0 Å². The van der Waals surface area contributed by atoms with E-state index in [4.69, 9.17) is 10.7 Å². The van der Waals surface area contributed by atoms with Crippen molar-refractivity contribution in [3.8, 4) is 0 Å². The third-order valence-corrected chi connectivity index (χ3v) is 2.20. The predicted molar refractivity (Wildman–Crippen MR) is 65.0 cm³/mol. The van der Waals surface area contributed by atoms with Gasteiger partial charge in [0.2, 0.25) is 0 Å². The van der Waals surface area contributed by atoms with E-state index >= 15 is 0 Å². The number of carbonyl (C=O) groups excluding carboxylic acids is 1. The molecule has 17 heavy (non-hydrogen) atoms. The molecule has 0 aromatic heterocycles. The highest BCUT2D eigenvalue weighted by molar-refractivity contribution is 5.89. The summed E-state index contributed by atoms with van der Waals surface area (Å²) in [6.07, 6.45) is 0. The Morgan fingerprint density at radius 1 is 0.941 bits per heavy atom. The molecule has 2 rings (SSSR count). The summed E-state index contributed by atoms with van der Waals surface area (Å²) < 4.78 is 0. The number of nitrogens with two attached hydrogens (primary N) is 1. The van der Waals surface area contributed by atoms with Crippen LogP contribution in [-0.4, -0.2) is 5.97 Å². The molecule has 86 valence electrons. The molecule has 2 aromatic carbocycles. The van der Waals surface area contributed by atoms with Crippen molar-refractivity contribution in [2.75, 3.05) is 5.17 Å². The molecule has 0 heterocycles. The number of hydrogen-bond donors (Lipinski definition) is 1. The molecule has 0 amide bonds. The predicted octanol–water partition coefficient (Wildman–Crippen LogP) is 2.14. The first-order valence-corrected chi connectivity index (χ1v) is 5.14. The fourth-order valence-corrected chi connectivity index (χ4v) is 1.34. The van der Waals surface area contributed by atoms with Gasteiger partial charge in [-0.05, 0) is 24.3 Å². The summed E-state index contributed by atoms with van der Waals surface area (Å²) in [4.78, 5) is 16.7. The van der Waals surface area contributed by atoms with Gasteiger partial charge >= 0.3 is 5.97 Å². The van der Waals surface area contributed by atoms with Gasteiger partial charge in [-0.1, -0.05) is 36.4 Å². The van der Waals surface area contributed by atoms with Crippen molar-refractivity contribution >= 4 is 11.7 Å². The minimum absolute atomic E-state index is 0.457. The average molecular weight is 228 g/mol. The van der Waals surface area contributed by atoms with Gasteiger partial charge in [-0.25, -0.2) is 10.6 Å². The highest BCUT2D eigenvalue weighted by atomic mass is 16.7. The fraction of sp³-hybridized carbons (Fsp3) is 0. The summed E-state index contributed by atoms with van der Waals surface area (Å²) in [7, 11) is 0. The molecule has 2 aromatic rings. The average Bonchev–Trinajstić information content (AvgIpc) is 2.40. The Balaban J connectivity index is 2.05. The van der Waals surface area contributed by atoms with E-state index < -0.39 is 5.97 Å². The molecule has 0 fully saturated rings. The number of rotatable bonds is 3. The molecule has 0 saturated carbocycles. The number of para-hydroxylation sites is 1. The molecular formula is C13H12N2O2. The molecule has 0 saturated heterocycles. The number of benzene rings is 2. The van der Waals surface area contributed by atoms with E-state index in [0.29, 0.717) is 11.3 Å². The van der Waals surface area contributed by atoms with Crippen molar-refractivity contribution in [1.82, 2.24) is 0 Å². The molecule has 4 nitrogen and oxygen atoms in total. The largest absolute Gasteiger partial charge is 0.365 e. The van der Waals surface area contributed by atoms with Crippen molar-refractivity contribution in [3.63, 3.8) is 0 Å². The summed E-state index contributed by atoms with van der Waals surface area (Å²) >= 11 is 0. The summed E-state index contributed by atoms with van der Waals surface area (Å²) in [5.41, 5.74) is 1.07. The lowest BCUT2D eigenvalue weighted by atomic mass is 10.2. The van der Waals surface area contributed by atoms with E-state index in [1.165, 1.54) is 0 Å². The van der Waals surface area contributed by atoms with Gasteiger partial charge in [-0.3, -0.25) is 0 Å². The zero-order valence-electron chi connectivity index (χ0n) is 9.11. The van der Waals surface area contributed by atoms with Crippen molar-refractivity contribution in [2.24, 2.45) is 5.84 Å². The molecule has 0 spiro atoms. The smallest absolute Gasteiger partial charge is 0.320 e. The minimum atomic E-state index is -0.489. The van der Waals surface area contributed by atoms with E-state index in [-0.39, 0.29) is 0 Å². The lowest BCUT2D eigenvalue weighted by Gasteiger charge is -2.16. The Hall–Kier alpha value is -2.33. The SMILES string of the molecule is NN(OC(=O)c1ccccc1)c1ccccc1. The van der Waals surface area contributed by atoms with Gasteiger partial charge in [0.15, 0.2) is 0 Å². The van der Waals surface area contributed by atoms with E-state index in [1.807, 2.05) is 24.3 Å². The number of hydrogen-bond acceptors (Lipinski definition) is 4. The normalized spacial score (nSPS) is 9.71. The zero-order chi connectivity index (χ0) is 12.1. The first kappa shape index (κ1) is 11.2. The van der Waals surface area contributed by atoms with Crippen LogP contribution in [0.15, 0.2) is 60.7 Å². The van der Waals surface area contributed by atoms with Crippen LogP contribution >= 0.6 is 0 Å². The number of hydrazine groups is 1. The van der Waals surface area contributed by atoms with Gasteiger partial charge in [0.1, 0.15) is 0 Å². The van der Waals surface area contributed by atoms with E-state index in [9.17, 15) is 4.79 Å². The Morgan fingerprint density at radius 3 is 2.06 bits per heavy atom. The lowest BCUT2D eigenvalue weighted by molar-refractivity contribution is 0.0450. The zero-order valence-corrected chi connectivity index (χ0v) is 9.11. The van der Waals surface area contributed by atoms with E-state index in [2.05, 4.69) is 0 Å². The Labute approximate surface area is 99.2 Å². The van der Waals surface area contributed by atoms with Gasteiger partial charge in [0.05, 0.1) is 11.3 Å². The summed E-state index contributed by atoms with van der Waals surface area (Å²) in [6, 6.07) is 17.7. The topological polar surface area (TPSA) is 55.6 Å². The van der Waals surface area contributed by atoms with Gasteiger partial charge in [-0.2, -0.15) is 0 Å². The highest BCUT2D eigenvalue weighted by Gasteiger charge is 2.10. The van der Waals surface area contributed by atoms with Crippen LogP contribution in [-0.2, 0) is 4.84 Å². The minimum Gasteiger partial charge on any atom is -0.320 e. The first-order valence-electron chi connectivity index (χ1n) is 5.14. The second-order valence-electron chi connectivity index (χ2n) is 3.41. The van der Waals surface area contributed by atoms with Gasteiger partial charge in [-0.15, -0.1) is 5.17 Å². The van der Waals surface area contributed by atoms with Crippen molar-refractivity contribution in [1.29, 1.82) is 0 Å². The van der Waals surface area contributed by atoms with Gasteiger partial charge in [0.25, 0.3) is 0 Å². The molecule has 0 unspecified atom stereocenters. The maximum Gasteiger partial charge on any atom is 0.365 e. The molecular weight excluding hydrogens is 216 g/mol. The summed E-state index contributed by atoms with van der Waals surface area (Å²) in [5.74, 6) is 5.13. The molecule has 0 atom stereocenters. The second kappa shape index (κ2) is 5.14.